The van der Waals surface area contributed by atoms with Gasteiger partial charge in [0.2, 0.25) is 0 Å². The molecule has 3 aromatic heterocycles. The third kappa shape index (κ3) is 9.86. The van der Waals surface area contributed by atoms with Gasteiger partial charge in [-0.25, -0.2) is 9.18 Å². The fourth-order valence-electron chi connectivity index (χ4n) is 11.5. The number of piperazine rings is 1. The number of fused-ring (bicyclic) bond motifs is 2. The van der Waals surface area contributed by atoms with Crippen LogP contribution < -0.4 is 22.3 Å². The molecule has 7 heterocycles. The number of hydrogen-bond donors (Lipinski definition) is 2. The number of imidazole rings is 1. The molecule has 2 atom stereocenters. The summed E-state index contributed by atoms with van der Waals surface area (Å²) >= 11 is 0. The predicted octanol–water partition coefficient (Wildman–Crippen LogP) is 6.34. The van der Waals surface area contributed by atoms with E-state index in [4.69, 9.17) is 5.73 Å². The van der Waals surface area contributed by atoms with Crippen molar-refractivity contribution in [2.75, 3.05) is 77.3 Å². The van der Waals surface area contributed by atoms with E-state index in [-0.39, 0.29) is 35.3 Å². The molecule has 1 amide bonds. The minimum atomic E-state index is -0.569. The van der Waals surface area contributed by atoms with Gasteiger partial charge in [0.05, 0.1) is 29.3 Å². The number of carbonyl (C=O) groups is 2. The Bertz CT molecular complexity index is 2970. The molecule has 0 spiro atoms. The molecule has 370 valence electrons. The molecular formula is C55H69FN10O4. The Hall–Kier alpha value is -6.00. The van der Waals surface area contributed by atoms with Gasteiger partial charge in [-0.2, -0.15) is 0 Å². The van der Waals surface area contributed by atoms with Gasteiger partial charge in [0, 0.05) is 131 Å². The number of ketones is 1. The van der Waals surface area contributed by atoms with E-state index in [0.29, 0.717) is 55.6 Å². The fraction of sp³-hybridized carbons (Fsp3) is 0.473. The number of amides is 1. The van der Waals surface area contributed by atoms with E-state index in [2.05, 4.69) is 63.1 Å². The van der Waals surface area contributed by atoms with Crippen molar-refractivity contribution in [2.45, 2.75) is 85.4 Å². The van der Waals surface area contributed by atoms with Crippen LogP contribution in [0.3, 0.4) is 0 Å². The second kappa shape index (κ2) is 20.8. The predicted molar refractivity (Wildman–Crippen MR) is 276 cm³/mol. The first-order valence-corrected chi connectivity index (χ1v) is 25.2. The van der Waals surface area contributed by atoms with Crippen molar-refractivity contribution in [3.05, 3.63) is 132 Å². The van der Waals surface area contributed by atoms with Crippen LogP contribution >= 0.6 is 0 Å². The number of hydrogen-bond acceptors (Lipinski definition) is 10. The molecule has 2 fully saturated rings. The number of aryl methyl sites for hydroxylation is 3. The van der Waals surface area contributed by atoms with Gasteiger partial charge in [-0.05, 0) is 119 Å². The van der Waals surface area contributed by atoms with Gasteiger partial charge in [-0.1, -0.05) is 30.7 Å². The topological polar surface area (TPSA) is 147 Å². The zero-order valence-corrected chi connectivity index (χ0v) is 41.8. The van der Waals surface area contributed by atoms with Crippen molar-refractivity contribution in [1.82, 2.24) is 38.3 Å². The standard InChI is InChI=1S/C55H69FN10O4/c1-7-47(51(67)30-57)66-49-9-8-40(28-50(49)60(6)55(66)70)33-62-24-25-64(37(4)32-62)34-39-12-21-63(22-13-39)53(68)42-27-36(3)52(45(56)29-42)41-14-19-61(20-15-41)31-35(2)26-44-38(5)58-18-11-48(44)65-23-16-46-43(54(65)69)10-17-59-46/h8-9,11,14,16,18,23,26-29,37,39,47,59H,7,10,12-13,15,17,19-22,24-25,30-34,57H2,1-6H3/b35-26+. The molecule has 70 heavy (non-hydrogen) atoms. The summed E-state index contributed by atoms with van der Waals surface area (Å²) in [6.07, 6.45) is 11.6. The Morgan fingerprint density at radius 1 is 0.986 bits per heavy atom. The van der Waals surface area contributed by atoms with Crippen LogP contribution in [0.4, 0.5) is 10.1 Å². The van der Waals surface area contributed by atoms with Gasteiger partial charge in [-0.3, -0.25) is 47.8 Å². The van der Waals surface area contributed by atoms with Crippen molar-refractivity contribution in [3.8, 4) is 5.69 Å². The van der Waals surface area contributed by atoms with Crippen LogP contribution in [0.15, 0.2) is 76.1 Å². The number of halogens is 1. The maximum Gasteiger partial charge on any atom is 0.329 e. The van der Waals surface area contributed by atoms with E-state index in [1.165, 1.54) is 6.07 Å². The van der Waals surface area contributed by atoms with E-state index in [9.17, 15) is 19.2 Å². The van der Waals surface area contributed by atoms with Gasteiger partial charge < -0.3 is 16.0 Å². The van der Waals surface area contributed by atoms with E-state index >= 15 is 4.39 Å². The highest BCUT2D eigenvalue weighted by Crippen LogP contribution is 2.32. The first-order chi connectivity index (χ1) is 33.7. The first kappa shape index (κ1) is 49.0. The molecule has 3 N–H and O–H groups in total. The summed E-state index contributed by atoms with van der Waals surface area (Å²) in [6.45, 7) is 18.9. The number of rotatable bonds is 14. The lowest BCUT2D eigenvalue weighted by Gasteiger charge is -2.42. The lowest BCUT2D eigenvalue weighted by Crippen LogP contribution is -2.53. The number of pyridine rings is 2. The van der Waals surface area contributed by atoms with Crippen molar-refractivity contribution < 1.29 is 14.0 Å². The number of aromatic nitrogens is 4. The first-order valence-electron chi connectivity index (χ1n) is 25.2. The van der Waals surface area contributed by atoms with Crippen molar-refractivity contribution in [1.29, 1.82) is 0 Å². The van der Waals surface area contributed by atoms with Gasteiger partial charge >= 0.3 is 5.69 Å². The Labute approximate surface area is 410 Å². The molecule has 9 rings (SSSR count). The highest BCUT2D eigenvalue weighted by Gasteiger charge is 2.31. The smallest absolute Gasteiger partial charge is 0.329 e. The van der Waals surface area contributed by atoms with Crippen LogP contribution in [-0.4, -0.2) is 128 Å². The summed E-state index contributed by atoms with van der Waals surface area (Å²) in [5, 5.41) is 3.29. The maximum absolute atomic E-state index is 16.1. The molecule has 4 aliphatic rings. The Balaban J connectivity index is 0.759. The van der Waals surface area contributed by atoms with Crippen LogP contribution in [0.1, 0.15) is 96.4 Å². The number of anilines is 1. The van der Waals surface area contributed by atoms with Gasteiger partial charge in [0.1, 0.15) is 5.82 Å². The largest absolute Gasteiger partial charge is 0.384 e. The number of Topliss-reactive ketones (excluding diaryl/α,β-unsaturated/α-hetero) is 1. The fourth-order valence-corrected chi connectivity index (χ4v) is 11.5. The summed E-state index contributed by atoms with van der Waals surface area (Å²) in [5.74, 6) is -0.102. The zero-order chi connectivity index (χ0) is 49.4. The second-order valence-electron chi connectivity index (χ2n) is 20.2. The molecule has 14 nitrogen and oxygen atoms in total. The number of benzene rings is 2. The number of likely N-dealkylation sites (tertiary alicyclic amines) is 1. The Kier molecular flexibility index (Phi) is 14.5. The molecule has 0 aliphatic carbocycles. The molecule has 15 heteroatoms. The normalized spacial score (nSPS) is 19.1. The van der Waals surface area contributed by atoms with Crippen LogP contribution in [0.25, 0.3) is 28.4 Å². The highest BCUT2D eigenvalue weighted by atomic mass is 19.1. The van der Waals surface area contributed by atoms with Gasteiger partial charge in [0.25, 0.3) is 11.5 Å². The molecule has 2 aromatic carbocycles. The summed E-state index contributed by atoms with van der Waals surface area (Å²) in [5.41, 5.74) is 16.4. The third-order valence-corrected chi connectivity index (χ3v) is 15.4. The highest BCUT2D eigenvalue weighted by molar-refractivity contribution is 5.95. The summed E-state index contributed by atoms with van der Waals surface area (Å²) in [7, 11) is 1.76. The quantitative estimate of drug-likeness (QED) is 0.129. The van der Waals surface area contributed by atoms with E-state index in [1.54, 1.807) is 26.9 Å². The van der Waals surface area contributed by atoms with Crippen LogP contribution in [0.2, 0.25) is 0 Å². The molecule has 2 saturated heterocycles. The molecule has 0 saturated carbocycles. The monoisotopic (exact) mass is 953 g/mol. The minimum absolute atomic E-state index is 0.00143. The van der Waals surface area contributed by atoms with Crippen LogP contribution in [0, 0.1) is 25.6 Å². The third-order valence-electron chi connectivity index (χ3n) is 15.4. The zero-order valence-electron chi connectivity index (χ0n) is 41.8. The molecule has 4 aliphatic heterocycles. The SMILES string of the molecule is CCC(C(=O)CN)n1c(=O)n(C)c2cc(CN3CCN(CC4CCN(C(=O)c5cc(C)c(C6=CCN(C/C(C)=C/c7c(-n8ccc9c(c8=O)CCN9)ccnc7C)CC6)c(F)c5)CC4)C(C)C3)ccc21. The van der Waals surface area contributed by atoms with Crippen molar-refractivity contribution in [3.63, 3.8) is 0 Å². The van der Waals surface area contributed by atoms with E-state index in [0.717, 1.165) is 133 Å². The molecule has 2 unspecified atom stereocenters. The molecule has 0 radical (unpaired) electrons. The second-order valence-corrected chi connectivity index (χ2v) is 20.2. The lowest BCUT2D eigenvalue weighted by atomic mass is 9.92. The van der Waals surface area contributed by atoms with Crippen molar-refractivity contribution in [2.24, 2.45) is 18.7 Å². The Morgan fingerprint density at radius 2 is 1.79 bits per heavy atom. The number of nitrogens with one attached hydrogen (secondary N) is 1. The summed E-state index contributed by atoms with van der Waals surface area (Å²) < 4.78 is 21.0. The number of carbonyl (C=O) groups excluding carboxylic acids is 2. The van der Waals surface area contributed by atoms with Crippen LogP contribution in [-0.2, 0) is 24.8 Å². The summed E-state index contributed by atoms with van der Waals surface area (Å²) in [4.78, 5) is 66.9. The lowest BCUT2D eigenvalue weighted by molar-refractivity contribution is -0.120. The Morgan fingerprint density at radius 3 is 2.50 bits per heavy atom. The summed E-state index contributed by atoms with van der Waals surface area (Å²) in [6, 6.07) is 13.1. The number of nitrogens with two attached hydrogens (primary N) is 1. The van der Waals surface area contributed by atoms with Gasteiger partial charge in [-0.15, -0.1) is 0 Å². The van der Waals surface area contributed by atoms with E-state index in [1.807, 2.05) is 56.1 Å². The number of nitrogens with zero attached hydrogens (tertiary/aromatic N) is 8. The van der Waals surface area contributed by atoms with E-state index < -0.39 is 6.04 Å². The average Bonchev–Trinajstić information content (AvgIpc) is 3.93. The molecular weight excluding hydrogens is 884 g/mol. The average molecular weight is 953 g/mol. The maximum atomic E-state index is 16.1. The van der Waals surface area contributed by atoms with Gasteiger partial charge in [0.15, 0.2) is 5.78 Å². The minimum Gasteiger partial charge on any atom is -0.384 e. The molecule has 5 aromatic rings. The van der Waals surface area contributed by atoms with Crippen molar-refractivity contribution >= 4 is 40.1 Å². The molecule has 0 bridgehead atoms. The van der Waals surface area contributed by atoms with Crippen LogP contribution in [0.5, 0.6) is 0 Å². The number of piperidine rings is 1.